The Labute approximate surface area is 135 Å². The molecular weight excluding hydrogens is 294 g/mol. The molecule has 0 radical (unpaired) electrons. The molecule has 0 aliphatic carbocycles. The average molecular weight is 315 g/mol. The van der Waals surface area contributed by atoms with E-state index in [0.29, 0.717) is 12.3 Å². The summed E-state index contributed by atoms with van der Waals surface area (Å²) in [7, 11) is 0. The first-order chi connectivity index (χ1) is 10.7. The first kappa shape index (κ1) is 16.5. The number of pyridine rings is 2. The van der Waals surface area contributed by atoms with Crippen LogP contribution in [0.2, 0.25) is 0 Å². The Hall–Kier alpha value is -1.88. The van der Waals surface area contributed by atoms with Gasteiger partial charge in [0.2, 0.25) is 5.91 Å². The van der Waals surface area contributed by atoms with Gasteiger partial charge >= 0.3 is 0 Å². The van der Waals surface area contributed by atoms with Gasteiger partial charge in [-0.15, -0.1) is 11.8 Å². The molecule has 0 aliphatic rings. The summed E-state index contributed by atoms with van der Waals surface area (Å²) < 4.78 is 0. The maximum atomic E-state index is 12.1. The molecule has 116 valence electrons. The van der Waals surface area contributed by atoms with Crippen molar-refractivity contribution in [3.63, 3.8) is 0 Å². The van der Waals surface area contributed by atoms with Crippen molar-refractivity contribution in [2.45, 2.75) is 31.3 Å². The molecule has 0 aromatic carbocycles. The van der Waals surface area contributed by atoms with Gasteiger partial charge in [0.15, 0.2) is 0 Å². The molecule has 0 saturated carbocycles. The zero-order valence-corrected chi connectivity index (χ0v) is 13.7. The number of thioether (sulfide) groups is 1. The van der Waals surface area contributed by atoms with Crippen LogP contribution in [0.25, 0.3) is 0 Å². The summed E-state index contributed by atoms with van der Waals surface area (Å²) in [6.07, 6.45) is 3.99. The molecule has 2 heterocycles. The third-order valence-electron chi connectivity index (χ3n) is 3.21. The molecule has 0 saturated heterocycles. The second-order valence-corrected chi connectivity index (χ2v) is 6.43. The number of carbonyl (C=O) groups is 1. The Morgan fingerprint density at radius 3 is 2.45 bits per heavy atom. The van der Waals surface area contributed by atoms with Crippen LogP contribution in [0.5, 0.6) is 0 Å². The molecule has 2 aromatic rings. The lowest BCUT2D eigenvalue weighted by atomic mass is 10.0. The van der Waals surface area contributed by atoms with E-state index in [2.05, 4.69) is 29.1 Å². The van der Waals surface area contributed by atoms with Crippen LogP contribution in [0.3, 0.4) is 0 Å². The maximum absolute atomic E-state index is 12.1. The first-order valence-corrected chi connectivity index (χ1v) is 8.39. The number of carbonyl (C=O) groups excluding carboxylic acids is 1. The van der Waals surface area contributed by atoms with E-state index >= 15 is 0 Å². The number of hydrogen-bond acceptors (Lipinski definition) is 4. The molecule has 0 aliphatic heterocycles. The van der Waals surface area contributed by atoms with E-state index in [9.17, 15) is 4.79 Å². The van der Waals surface area contributed by atoms with Crippen LogP contribution in [0.15, 0.2) is 53.8 Å². The van der Waals surface area contributed by atoms with E-state index in [1.54, 1.807) is 24.2 Å². The van der Waals surface area contributed by atoms with E-state index in [-0.39, 0.29) is 11.9 Å². The molecule has 2 rings (SSSR count). The van der Waals surface area contributed by atoms with Crippen molar-refractivity contribution >= 4 is 17.7 Å². The zero-order valence-electron chi connectivity index (χ0n) is 12.9. The van der Waals surface area contributed by atoms with Crippen LogP contribution in [0, 0.1) is 5.92 Å². The lowest BCUT2D eigenvalue weighted by molar-refractivity contribution is -0.121. The van der Waals surface area contributed by atoms with Crippen molar-refractivity contribution in [2.75, 3.05) is 5.75 Å². The number of aromatic nitrogens is 2. The summed E-state index contributed by atoms with van der Waals surface area (Å²) in [5, 5.41) is 4.03. The normalized spacial score (nSPS) is 12.1. The fourth-order valence-electron chi connectivity index (χ4n) is 2.07. The number of amides is 1. The van der Waals surface area contributed by atoms with E-state index in [1.165, 1.54) is 0 Å². The molecule has 22 heavy (non-hydrogen) atoms. The predicted molar refractivity (Wildman–Crippen MR) is 89.5 cm³/mol. The van der Waals surface area contributed by atoms with Gasteiger partial charge in [-0.25, -0.2) is 4.98 Å². The van der Waals surface area contributed by atoms with Crippen LogP contribution in [0.4, 0.5) is 0 Å². The number of nitrogens with one attached hydrogen (secondary N) is 1. The van der Waals surface area contributed by atoms with Gasteiger partial charge in [0.05, 0.1) is 16.8 Å². The van der Waals surface area contributed by atoms with Gasteiger partial charge in [-0.2, -0.15) is 0 Å². The van der Waals surface area contributed by atoms with Gasteiger partial charge in [-0.1, -0.05) is 26.0 Å². The third-order valence-corrected chi connectivity index (χ3v) is 4.15. The molecule has 1 unspecified atom stereocenters. The standard InChI is InChI=1S/C17H21N3OS/c1-13(2)17(14-7-3-5-10-18-14)20-15(21)9-12-22-16-8-4-6-11-19-16/h3-8,10-11,13,17H,9,12H2,1-2H3,(H,20,21). The van der Waals surface area contributed by atoms with Gasteiger partial charge in [-0.3, -0.25) is 9.78 Å². The lowest BCUT2D eigenvalue weighted by Gasteiger charge is -2.21. The van der Waals surface area contributed by atoms with Gasteiger partial charge in [0.25, 0.3) is 0 Å². The Balaban J connectivity index is 1.84. The lowest BCUT2D eigenvalue weighted by Crippen LogP contribution is -2.32. The minimum atomic E-state index is -0.0476. The Kier molecular flexibility index (Phi) is 6.40. The van der Waals surface area contributed by atoms with Gasteiger partial charge < -0.3 is 5.32 Å². The monoisotopic (exact) mass is 315 g/mol. The largest absolute Gasteiger partial charge is 0.347 e. The minimum Gasteiger partial charge on any atom is -0.347 e. The molecule has 0 spiro atoms. The molecular formula is C17H21N3OS. The first-order valence-electron chi connectivity index (χ1n) is 7.41. The Morgan fingerprint density at radius 2 is 1.86 bits per heavy atom. The van der Waals surface area contributed by atoms with E-state index in [0.717, 1.165) is 16.5 Å². The Morgan fingerprint density at radius 1 is 1.14 bits per heavy atom. The van der Waals surface area contributed by atoms with E-state index in [4.69, 9.17) is 0 Å². The molecule has 1 atom stereocenters. The molecule has 4 nitrogen and oxygen atoms in total. The van der Waals surface area contributed by atoms with E-state index in [1.807, 2.05) is 36.4 Å². The molecule has 2 aromatic heterocycles. The summed E-state index contributed by atoms with van der Waals surface area (Å²) in [6, 6.07) is 11.5. The van der Waals surface area contributed by atoms with Crippen molar-refractivity contribution < 1.29 is 4.79 Å². The van der Waals surface area contributed by atoms with Crippen LogP contribution in [-0.4, -0.2) is 21.6 Å². The molecule has 1 N–H and O–H groups in total. The fraction of sp³-hybridized carbons (Fsp3) is 0.353. The SMILES string of the molecule is CC(C)C(NC(=O)CCSc1ccccn1)c1ccccn1. The smallest absolute Gasteiger partial charge is 0.221 e. The molecule has 5 heteroatoms. The summed E-state index contributed by atoms with van der Waals surface area (Å²) in [5.74, 6) is 1.06. The average Bonchev–Trinajstić information content (AvgIpc) is 2.54. The fourth-order valence-corrected chi connectivity index (χ4v) is 2.88. The second-order valence-electron chi connectivity index (χ2n) is 5.31. The van der Waals surface area contributed by atoms with E-state index < -0.39 is 0 Å². The second kappa shape index (κ2) is 8.54. The maximum Gasteiger partial charge on any atom is 0.221 e. The van der Waals surface area contributed by atoms with Crippen LogP contribution in [-0.2, 0) is 4.79 Å². The van der Waals surface area contributed by atoms with Crippen LogP contribution in [0.1, 0.15) is 32.0 Å². The van der Waals surface area contributed by atoms with Gasteiger partial charge in [-0.05, 0) is 30.2 Å². The van der Waals surface area contributed by atoms with Gasteiger partial charge in [0, 0.05) is 24.6 Å². The van der Waals surface area contributed by atoms with Crippen LogP contribution >= 0.6 is 11.8 Å². The quantitative estimate of drug-likeness (QED) is 0.795. The number of rotatable bonds is 7. The predicted octanol–water partition coefficient (Wildman–Crippen LogP) is 3.47. The van der Waals surface area contributed by atoms with Crippen molar-refractivity contribution in [2.24, 2.45) is 5.92 Å². The Bertz CT molecular complexity index is 575. The van der Waals surface area contributed by atoms with Crippen molar-refractivity contribution in [1.29, 1.82) is 0 Å². The topological polar surface area (TPSA) is 54.9 Å². The zero-order chi connectivity index (χ0) is 15.8. The molecule has 0 bridgehead atoms. The summed E-state index contributed by atoms with van der Waals surface area (Å²) >= 11 is 1.59. The summed E-state index contributed by atoms with van der Waals surface area (Å²) in [5.41, 5.74) is 0.906. The summed E-state index contributed by atoms with van der Waals surface area (Å²) in [4.78, 5) is 20.7. The summed E-state index contributed by atoms with van der Waals surface area (Å²) in [6.45, 7) is 4.17. The highest BCUT2D eigenvalue weighted by molar-refractivity contribution is 7.99. The number of nitrogens with zero attached hydrogens (tertiary/aromatic N) is 2. The number of hydrogen-bond donors (Lipinski definition) is 1. The highest BCUT2D eigenvalue weighted by atomic mass is 32.2. The third kappa shape index (κ3) is 5.15. The van der Waals surface area contributed by atoms with Crippen molar-refractivity contribution in [1.82, 2.24) is 15.3 Å². The van der Waals surface area contributed by atoms with Crippen molar-refractivity contribution in [3.05, 3.63) is 54.5 Å². The highest BCUT2D eigenvalue weighted by Crippen LogP contribution is 2.20. The minimum absolute atomic E-state index is 0.0476. The van der Waals surface area contributed by atoms with Crippen molar-refractivity contribution in [3.8, 4) is 0 Å². The molecule has 0 fully saturated rings. The van der Waals surface area contributed by atoms with Crippen LogP contribution < -0.4 is 5.32 Å². The highest BCUT2D eigenvalue weighted by Gasteiger charge is 2.19. The van der Waals surface area contributed by atoms with Gasteiger partial charge in [0.1, 0.15) is 0 Å². The molecule has 1 amide bonds.